The van der Waals surface area contributed by atoms with E-state index < -0.39 is 0 Å². The average molecular weight is 142 g/mol. The fourth-order valence-electron chi connectivity index (χ4n) is 0.944. The van der Waals surface area contributed by atoms with Gasteiger partial charge in [0.2, 0.25) is 0 Å². The minimum absolute atomic E-state index is 0.103. The number of hydrogen-bond acceptors (Lipinski definition) is 2. The first kappa shape index (κ1) is 7.76. The van der Waals surface area contributed by atoms with E-state index in [1.807, 2.05) is 19.1 Å². The standard InChI is InChI=1S/C8H14O2/c1-3-4-8-9-6-5-7(2)10-8/h3-4,7-8H,5-6H2,1-2H3/b4-3-. The molecule has 0 aromatic heterocycles. The van der Waals surface area contributed by atoms with Crippen LogP contribution in [0.1, 0.15) is 20.3 Å². The summed E-state index contributed by atoms with van der Waals surface area (Å²) in [7, 11) is 0. The second kappa shape index (κ2) is 3.74. The molecule has 1 aliphatic rings. The van der Waals surface area contributed by atoms with Crippen LogP contribution < -0.4 is 0 Å². The van der Waals surface area contributed by atoms with Crippen molar-refractivity contribution in [3.8, 4) is 0 Å². The summed E-state index contributed by atoms with van der Waals surface area (Å²) in [5, 5.41) is 0. The van der Waals surface area contributed by atoms with E-state index in [0.717, 1.165) is 13.0 Å². The van der Waals surface area contributed by atoms with E-state index in [-0.39, 0.29) is 6.29 Å². The zero-order chi connectivity index (χ0) is 7.40. The van der Waals surface area contributed by atoms with Gasteiger partial charge in [-0.25, -0.2) is 0 Å². The van der Waals surface area contributed by atoms with Crippen molar-refractivity contribution in [3.05, 3.63) is 12.2 Å². The van der Waals surface area contributed by atoms with Crippen molar-refractivity contribution in [1.82, 2.24) is 0 Å². The zero-order valence-corrected chi connectivity index (χ0v) is 6.54. The quantitative estimate of drug-likeness (QED) is 0.519. The Labute approximate surface area is 61.8 Å². The highest BCUT2D eigenvalue weighted by atomic mass is 16.7. The molecular weight excluding hydrogens is 128 g/mol. The average Bonchev–Trinajstić information content (AvgIpc) is 1.88. The molecule has 0 aromatic carbocycles. The lowest BCUT2D eigenvalue weighted by Crippen LogP contribution is -2.28. The van der Waals surface area contributed by atoms with Gasteiger partial charge in [0.05, 0.1) is 12.7 Å². The molecular formula is C8H14O2. The van der Waals surface area contributed by atoms with E-state index >= 15 is 0 Å². The van der Waals surface area contributed by atoms with E-state index in [2.05, 4.69) is 6.92 Å². The van der Waals surface area contributed by atoms with Crippen LogP contribution in [0.25, 0.3) is 0 Å². The Morgan fingerprint density at radius 3 is 2.90 bits per heavy atom. The Kier molecular flexibility index (Phi) is 2.90. The van der Waals surface area contributed by atoms with Gasteiger partial charge in [0.1, 0.15) is 0 Å². The summed E-state index contributed by atoms with van der Waals surface area (Å²) in [5.74, 6) is 0. The minimum Gasteiger partial charge on any atom is -0.349 e. The van der Waals surface area contributed by atoms with Gasteiger partial charge in [0.25, 0.3) is 0 Å². The van der Waals surface area contributed by atoms with Gasteiger partial charge in [-0.3, -0.25) is 0 Å². The molecule has 0 aromatic rings. The van der Waals surface area contributed by atoms with Crippen molar-refractivity contribution in [2.45, 2.75) is 32.7 Å². The fourth-order valence-corrected chi connectivity index (χ4v) is 0.944. The fraction of sp³-hybridized carbons (Fsp3) is 0.750. The highest BCUT2D eigenvalue weighted by Gasteiger charge is 2.15. The highest BCUT2D eigenvalue weighted by molar-refractivity contribution is 4.83. The SMILES string of the molecule is C/C=C\C1OCCC(C)O1. The maximum absolute atomic E-state index is 5.42. The van der Waals surface area contributed by atoms with Crippen molar-refractivity contribution >= 4 is 0 Å². The topological polar surface area (TPSA) is 18.5 Å². The molecule has 0 radical (unpaired) electrons. The third-order valence-corrected chi connectivity index (χ3v) is 1.52. The van der Waals surface area contributed by atoms with Gasteiger partial charge < -0.3 is 9.47 Å². The molecule has 2 heteroatoms. The van der Waals surface area contributed by atoms with Gasteiger partial charge in [0.15, 0.2) is 6.29 Å². The number of ether oxygens (including phenoxy) is 2. The van der Waals surface area contributed by atoms with Crippen molar-refractivity contribution < 1.29 is 9.47 Å². The Morgan fingerprint density at radius 1 is 1.50 bits per heavy atom. The second-order valence-corrected chi connectivity index (χ2v) is 2.50. The molecule has 58 valence electrons. The van der Waals surface area contributed by atoms with Gasteiger partial charge in [0, 0.05) is 0 Å². The molecule has 0 spiro atoms. The summed E-state index contributed by atoms with van der Waals surface area (Å²) < 4.78 is 10.7. The smallest absolute Gasteiger partial charge is 0.177 e. The summed E-state index contributed by atoms with van der Waals surface area (Å²) in [6.07, 6.45) is 5.12. The highest BCUT2D eigenvalue weighted by Crippen LogP contribution is 2.12. The lowest BCUT2D eigenvalue weighted by molar-refractivity contribution is -0.181. The molecule has 1 saturated heterocycles. The second-order valence-electron chi connectivity index (χ2n) is 2.50. The van der Waals surface area contributed by atoms with Crippen molar-refractivity contribution in [2.24, 2.45) is 0 Å². The van der Waals surface area contributed by atoms with Crippen LogP contribution in [0, 0.1) is 0 Å². The van der Waals surface area contributed by atoms with E-state index in [0.29, 0.717) is 6.10 Å². The molecule has 2 atom stereocenters. The summed E-state index contributed by atoms with van der Waals surface area (Å²) in [6, 6.07) is 0. The molecule has 0 bridgehead atoms. The molecule has 10 heavy (non-hydrogen) atoms. The zero-order valence-electron chi connectivity index (χ0n) is 6.54. The lowest BCUT2D eigenvalue weighted by atomic mass is 10.3. The molecule has 1 aliphatic heterocycles. The first-order chi connectivity index (χ1) is 4.83. The maximum atomic E-state index is 5.42. The summed E-state index contributed by atoms with van der Waals surface area (Å²) in [6.45, 7) is 4.85. The molecule has 0 amide bonds. The van der Waals surface area contributed by atoms with Crippen LogP contribution in [0.4, 0.5) is 0 Å². The molecule has 2 nitrogen and oxygen atoms in total. The normalized spacial score (nSPS) is 35.0. The Hall–Kier alpha value is -0.340. The van der Waals surface area contributed by atoms with Crippen LogP contribution in [-0.4, -0.2) is 19.0 Å². The minimum atomic E-state index is -0.103. The van der Waals surface area contributed by atoms with E-state index in [1.54, 1.807) is 0 Å². The Bertz CT molecular complexity index is 120. The van der Waals surface area contributed by atoms with E-state index in [9.17, 15) is 0 Å². The summed E-state index contributed by atoms with van der Waals surface area (Å²) in [5.41, 5.74) is 0. The number of allylic oxidation sites excluding steroid dienone is 1. The van der Waals surface area contributed by atoms with Gasteiger partial charge in [-0.2, -0.15) is 0 Å². The third-order valence-electron chi connectivity index (χ3n) is 1.52. The van der Waals surface area contributed by atoms with Crippen LogP contribution >= 0.6 is 0 Å². The van der Waals surface area contributed by atoms with Crippen molar-refractivity contribution in [2.75, 3.05) is 6.61 Å². The van der Waals surface area contributed by atoms with Crippen LogP contribution in [0.5, 0.6) is 0 Å². The Morgan fingerprint density at radius 2 is 2.30 bits per heavy atom. The van der Waals surface area contributed by atoms with Crippen molar-refractivity contribution in [3.63, 3.8) is 0 Å². The molecule has 0 aliphatic carbocycles. The Balaban J connectivity index is 2.32. The predicted octanol–water partition coefficient (Wildman–Crippen LogP) is 1.71. The van der Waals surface area contributed by atoms with Crippen molar-refractivity contribution in [1.29, 1.82) is 0 Å². The monoisotopic (exact) mass is 142 g/mol. The molecule has 0 N–H and O–H groups in total. The van der Waals surface area contributed by atoms with Crippen LogP contribution in [0.3, 0.4) is 0 Å². The molecule has 1 rings (SSSR count). The van der Waals surface area contributed by atoms with Crippen LogP contribution in [-0.2, 0) is 9.47 Å². The molecule has 0 saturated carbocycles. The maximum Gasteiger partial charge on any atom is 0.177 e. The largest absolute Gasteiger partial charge is 0.349 e. The van der Waals surface area contributed by atoms with E-state index in [1.165, 1.54) is 0 Å². The first-order valence-electron chi connectivity index (χ1n) is 3.73. The van der Waals surface area contributed by atoms with Crippen LogP contribution in [0.15, 0.2) is 12.2 Å². The van der Waals surface area contributed by atoms with E-state index in [4.69, 9.17) is 9.47 Å². The molecule has 1 heterocycles. The summed E-state index contributed by atoms with van der Waals surface area (Å²) in [4.78, 5) is 0. The van der Waals surface area contributed by atoms with Gasteiger partial charge in [-0.05, 0) is 26.3 Å². The predicted molar refractivity (Wildman–Crippen MR) is 39.7 cm³/mol. The number of rotatable bonds is 1. The van der Waals surface area contributed by atoms with Gasteiger partial charge in [-0.15, -0.1) is 0 Å². The number of hydrogen-bond donors (Lipinski definition) is 0. The van der Waals surface area contributed by atoms with Crippen LogP contribution in [0.2, 0.25) is 0 Å². The van der Waals surface area contributed by atoms with Gasteiger partial charge >= 0.3 is 0 Å². The summed E-state index contributed by atoms with van der Waals surface area (Å²) >= 11 is 0. The first-order valence-corrected chi connectivity index (χ1v) is 3.73. The molecule has 2 unspecified atom stereocenters. The molecule has 1 fully saturated rings. The lowest BCUT2D eigenvalue weighted by Gasteiger charge is -2.25. The third kappa shape index (κ3) is 2.12. The van der Waals surface area contributed by atoms with Gasteiger partial charge in [-0.1, -0.05) is 6.08 Å².